The van der Waals surface area contributed by atoms with Crippen LogP contribution < -0.4 is 10.6 Å². The summed E-state index contributed by atoms with van der Waals surface area (Å²) in [4.78, 5) is 37.6. The Morgan fingerprint density at radius 1 is 1.18 bits per heavy atom. The van der Waals surface area contributed by atoms with Crippen LogP contribution in [0.1, 0.15) is 57.1 Å². The molecule has 1 aliphatic heterocycles. The Labute approximate surface area is 192 Å². The molecule has 0 aromatic heterocycles. The maximum atomic E-state index is 13.5. The predicted molar refractivity (Wildman–Crippen MR) is 118 cm³/mol. The zero-order valence-corrected chi connectivity index (χ0v) is 19.2. The number of aliphatic carboxylic acids is 1. The van der Waals surface area contributed by atoms with Crippen LogP contribution >= 0.6 is 0 Å². The molecule has 0 saturated heterocycles. The SMILES string of the molecule is CC1CC2CC(NCC(=O)N3Cc4ccc(F)cc4C3)(C1)CC(C)(OC(=O)NCC(=O)O)C2. The number of hydrogen-bond acceptors (Lipinski definition) is 5. The largest absolute Gasteiger partial charge is 0.480 e. The minimum atomic E-state index is -1.13. The Hall–Kier alpha value is -2.68. The smallest absolute Gasteiger partial charge is 0.408 e. The van der Waals surface area contributed by atoms with Gasteiger partial charge in [0.15, 0.2) is 0 Å². The van der Waals surface area contributed by atoms with Gasteiger partial charge in [0.1, 0.15) is 18.0 Å². The number of hydrogen-bond donors (Lipinski definition) is 3. The highest BCUT2D eigenvalue weighted by molar-refractivity contribution is 5.79. The van der Waals surface area contributed by atoms with Gasteiger partial charge in [0.25, 0.3) is 0 Å². The molecule has 2 saturated carbocycles. The summed E-state index contributed by atoms with van der Waals surface area (Å²) in [5, 5.41) is 14.6. The molecule has 33 heavy (non-hydrogen) atoms. The first-order chi connectivity index (χ1) is 15.5. The third kappa shape index (κ3) is 5.46. The average molecular weight is 462 g/mol. The van der Waals surface area contributed by atoms with E-state index in [4.69, 9.17) is 9.84 Å². The number of ether oxygens (including phenoxy) is 1. The summed E-state index contributed by atoms with van der Waals surface area (Å²) in [7, 11) is 0. The number of nitrogens with one attached hydrogen (secondary N) is 2. The lowest BCUT2D eigenvalue weighted by atomic mass is 9.59. The fourth-order valence-corrected chi connectivity index (χ4v) is 6.34. The molecule has 180 valence electrons. The third-order valence-electron chi connectivity index (χ3n) is 7.17. The van der Waals surface area contributed by atoms with E-state index in [1.54, 1.807) is 11.0 Å². The van der Waals surface area contributed by atoms with Crippen molar-refractivity contribution in [1.29, 1.82) is 0 Å². The van der Waals surface area contributed by atoms with Gasteiger partial charge in [-0.25, -0.2) is 9.18 Å². The molecule has 3 aliphatic rings. The summed E-state index contributed by atoms with van der Waals surface area (Å²) in [5.74, 6) is -0.633. The number of rotatable bonds is 6. The fraction of sp³-hybridized carbons (Fsp3) is 0.625. The van der Waals surface area contributed by atoms with E-state index in [1.165, 1.54) is 12.1 Å². The second-order valence-electron chi connectivity index (χ2n) is 10.4. The normalized spacial score (nSPS) is 30.5. The molecular weight excluding hydrogens is 429 g/mol. The second-order valence-corrected chi connectivity index (χ2v) is 10.4. The maximum Gasteiger partial charge on any atom is 0.408 e. The van der Waals surface area contributed by atoms with Crippen LogP contribution in [-0.2, 0) is 27.4 Å². The van der Waals surface area contributed by atoms with E-state index in [9.17, 15) is 18.8 Å². The molecule has 4 unspecified atom stereocenters. The molecule has 1 aromatic carbocycles. The van der Waals surface area contributed by atoms with Crippen LogP contribution in [-0.4, -0.2) is 52.2 Å². The summed E-state index contributed by atoms with van der Waals surface area (Å²) in [6, 6.07) is 4.64. The molecule has 2 aliphatic carbocycles. The first-order valence-corrected chi connectivity index (χ1v) is 11.5. The summed E-state index contributed by atoms with van der Waals surface area (Å²) >= 11 is 0. The number of carboxylic acid groups (broad SMARTS) is 1. The first kappa shape index (κ1) is 23.5. The first-order valence-electron chi connectivity index (χ1n) is 11.5. The van der Waals surface area contributed by atoms with Crippen molar-refractivity contribution in [3.8, 4) is 0 Å². The van der Waals surface area contributed by atoms with Crippen LogP contribution in [0, 0.1) is 17.7 Å². The van der Waals surface area contributed by atoms with Crippen LogP contribution in [0.2, 0.25) is 0 Å². The van der Waals surface area contributed by atoms with Crippen molar-refractivity contribution in [1.82, 2.24) is 15.5 Å². The highest BCUT2D eigenvalue weighted by Gasteiger charge is 2.51. The molecule has 0 radical (unpaired) electrons. The standard InChI is InChI=1S/C24H32FN3O5/c1-15-5-16-8-23(2,33-22(32)26-11-21(30)31)14-24(7-15,9-16)27-10-20(29)28-12-17-3-4-19(25)6-18(17)13-28/h3-4,6,15-16,27H,5,7-14H2,1-2H3,(H,26,32)(H,30,31). The topological polar surface area (TPSA) is 108 Å². The number of halogens is 1. The molecule has 2 bridgehead atoms. The summed E-state index contributed by atoms with van der Waals surface area (Å²) in [5.41, 5.74) is 0.735. The molecule has 8 nitrogen and oxygen atoms in total. The van der Waals surface area contributed by atoms with Crippen molar-refractivity contribution in [3.63, 3.8) is 0 Å². The summed E-state index contributed by atoms with van der Waals surface area (Å²) in [6.07, 6.45) is 3.34. The number of carboxylic acids is 1. The van der Waals surface area contributed by atoms with Crippen molar-refractivity contribution in [2.75, 3.05) is 13.1 Å². The zero-order valence-electron chi connectivity index (χ0n) is 19.2. The van der Waals surface area contributed by atoms with E-state index < -0.39 is 24.2 Å². The van der Waals surface area contributed by atoms with Gasteiger partial charge in [-0.05, 0) is 67.7 Å². The minimum Gasteiger partial charge on any atom is -0.480 e. The van der Waals surface area contributed by atoms with Crippen LogP contribution in [0.25, 0.3) is 0 Å². The van der Waals surface area contributed by atoms with Crippen molar-refractivity contribution in [2.24, 2.45) is 11.8 Å². The van der Waals surface area contributed by atoms with Gasteiger partial charge < -0.3 is 25.4 Å². The van der Waals surface area contributed by atoms with Crippen molar-refractivity contribution < 1.29 is 28.6 Å². The van der Waals surface area contributed by atoms with E-state index in [0.29, 0.717) is 37.8 Å². The van der Waals surface area contributed by atoms with Crippen molar-refractivity contribution >= 4 is 18.0 Å². The number of amides is 2. The van der Waals surface area contributed by atoms with Gasteiger partial charge >= 0.3 is 12.1 Å². The molecule has 1 aromatic rings. The lowest BCUT2D eigenvalue weighted by Crippen LogP contribution is -2.61. The van der Waals surface area contributed by atoms with Crippen molar-refractivity contribution in [2.45, 2.75) is 70.2 Å². The van der Waals surface area contributed by atoms with E-state index in [1.807, 2.05) is 6.92 Å². The van der Waals surface area contributed by atoms with Crippen LogP contribution in [0.4, 0.5) is 9.18 Å². The molecular formula is C24H32FN3O5. The molecule has 4 atom stereocenters. The molecule has 2 fully saturated rings. The monoisotopic (exact) mass is 461 g/mol. The highest BCUT2D eigenvalue weighted by Crippen LogP contribution is 2.50. The quantitative estimate of drug-likeness (QED) is 0.601. The number of carbonyl (C=O) groups is 3. The number of nitrogens with zero attached hydrogens (tertiary/aromatic N) is 1. The third-order valence-corrected chi connectivity index (χ3v) is 7.17. The Morgan fingerprint density at radius 2 is 1.94 bits per heavy atom. The van der Waals surface area contributed by atoms with E-state index in [0.717, 1.165) is 30.4 Å². The fourth-order valence-electron chi connectivity index (χ4n) is 6.34. The van der Waals surface area contributed by atoms with Gasteiger partial charge in [-0.3, -0.25) is 9.59 Å². The molecule has 3 N–H and O–H groups in total. The zero-order chi connectivity index (χ0) is 23.8. The van der Waals surface area contributed by atoms with Gasteiger partial charge in [0, 0.05) is 25.0 Å². The number of fused-ring (bicyclic) bond motifs is 3. The van der Waals surface area contributed by atoms with E-state index in [2.05, 4.69) is 17.6 Å². The van der Waals surface area contributed by atoms with Gasteiger partial charge in [-0.1, -0.05) is 13.0 Å². The van der Waals surface area contributed by atoms with E-state index in [-0.39, 0.29) is 23.8 Å². The van der Waals surface area contributed by atoms with Crippen LogP contribution in [0.15, 0.2) is 18.2 Å². The minimum absolute atomic E-state index is 0.0387. The van der Waals surface area contributed by atoms with Gasteiger partial charge in [0.05, 0.1) is 6.54 Å². The average Bonchev–Trinajstić information content (AvgIpc) is 3.12. The Balaban J connectivity index is 1.40. The summed E-state index contributed by atoms with van der Waals surface area (Å²) in [6.45, 7) is 4.65. The Kier molecular flexibility index (Phi) is 6.35. The maximum absolute atomic E-state index is 13.5. The highest BCUT2D eigenvalue weighted by atomic mass is 19.1. The number of alkyl carbamates (subject to hydrolysis) is 1. The van der Waals surface area contributed by atoms with Gasteiger partial charge in [0.2, 0.25) is 5.91 Å². The number of carbonyl (C=O) groups excluding carboxylic acids is 2. The van der Waals surface area contributed by atoms with Crippen LogP contribution in [0.3, 0.4) is 0 Å². The van der Waals surface area contributed by atoms with Gasteiger partial charge in [-0.15, -0.1) is 0 Å². The number of benzene rings is 1. The Bertz CT molecular complexity index is 952. The summed E-state index contributed by atoms with van der Waals surface area (Å²) < 4.78 is 19.2. The lowest BCUT2D eigenvalue weighted by molar-refractivity contribution is -0.136. The molecule has 1 heterocycles. The van der Waals surface area contributed by atoms with Crippen LogP contribution in [0.5, 0.6) is 0 Å². The molecule has 2 amide bonds. The van der Waals surface area contributed by atoms with Gasteiger partial charge in [-0.2, -0.15) is 0 Å². The van der Waals surface area contributed by atoms with Crippen molar-refractivity contribution in [3.05, 3.63) is 35.1 Å². The predicted octanol–water partition coefficient (Wildman–Crippen LogP) is 2.80. The second kappa shape index (κ2) is 8.93. The molecule has 9 heteroatoms. The molecule has 4 rings (SSSR count). The Morgan fingerprint density at radius 3 is 2.70 bits per heavy atom. The van der Waals surface area contributed by atoms with E-state index >= 15 is 0 Å². The lowest BCUT2D eigenvalue weighted by Gasteiger charge is -2.54. The molecule has 0 spiro atoms.